The minimum atomic E-state index is -3.64. The van der Waals surface area contributed by atoms with Crippen LogP contribution in [0, 0.1) is 0 Å². The number of nitrogens with one attached hydrogen (secondary N) is 2. The molecule has 4 rings (SSSR count). The smallest absolute Gasteiger partial charge is 0.322 e. The first-order chi connectivity index (χ1) is 15.3. The Bertz CT molecular complexity index is 1190. The fourth-order valence-electron chi connectivity index (χ4n) is 3.59. The van der Waals surface area contributed by atoms with E-state index in [0.717, 1.165) is 37.8 Å². The second-order valence-electron chi connectivity index (χ2n) is 8.15. The lowest BCUT2D eigenvalue weighted by atomic mass is 10.1. The van der Waals surface area contributed by atoms with Crippen molar-refractivity contribution in [2.24, 2.45) is 0 Å². The number of para-hydroxylation sites is 1. The Hall–Kier alpha value is -2.92. The molecule has 2 N–H and O–H groups in total. The van der Waals surface area contributed by atoms with Crippen LogP contribution in [0.2, 0.25) is 0 Å². The van der Waals surface area contributed by atoms with Crippen molar-refractivity contribution in [3.63, 3.8) is 0 Å². The van der Waals surface area contributed by atoms with Crippen LogP contribution in [0.4, 0.5) is 5.95 Å². The summed E-state index contributed by atoms with van der Waals surface area (Å²) < 4.78 is 36.0. The highest BCUT2D eigenvalue weighted by atomic mass is 32.2. The third-order valence-electron chi connectivity index (χ3n) is 5.17. The molecule has 0 bridgehead atoms. The molecule has 3 aromatic rings. The van der Waals surface area contributed by atoms with E-state index < -0.39 is 10.1 Å². The maximum absolute atomic E-state index is 11.6. The Morgan fingerprint density at radius 3 is 2.81 bits per heavy atom. The third-order valence-corrected chi connectivity index (χ3v) is 5.65. The fourth-order valence-corrected chi connectivity index (χ4v) is 4.08. The molecule has 1 atom stereocenters. The number of fused-ring (bicyclic) bond motifs is 1. The van der Waals surface area contributed by atoms with Gasteiger partial charge in [-0.25, -0.2) is 0 Å². The minimum absolute atomic E-state index is 0.00774. The van der Waals surface area contributed by atoms with E-state index in [2.05, 4.69) is 39.5 Å². The monoisotopic (exact) mass is 460 g/mol. The van der Waals surface area contributed by atoms with E-state index in [9.17, 15) is 8.42 Å². The molecule has 1 aromatic carbocycles. The van der Waals surface area contributed by atoms with Crippen molar-refractivity contribution in [1.82, 2.24) is 24.9 Å². The van der Waals surface area contributed by atoms with E-state index in [1.54, 1.807) is 28.9 Å². The first-order valence-corrected chi connectivity index (χ1v) is 12.5. The van der Waals surface area contributed by atoms with Crippen molar-refractivity contribution in [2.75, 3.05) is 24.7 Å². The zero-order valence-corrected chi connectivity index (χ0v) is 19.2. The highest BCUT2D eigenvalue weighted by Gasteiger charge is 2.20. The summed E-state index contributed by atoms with van der Waals surface area (Å²) in [6.45, 7) is 6.18. The number of benzene rings is 1. The van der Waals surface area contributed by atoms with Gasteiger partial charge in [-0.05, 0) is 31.4 Å². The zero-order valence-electron chi connectivity index (χ0n) is 18.4. The number of aromatic nitrogens is 4. The van der Waals surface area contributed by atoms with Crippen molar-refractivity contribution < 1.29 is 17.3 Å². The molecule has 0 saturated carbocycles. The number of piperidine rings is 1. The quantitative estimate of drug-likeness (QED) is 0.488. The van der Waals surface area contributed by atoms with Gasteiger partial charge >= 0.3 is 16.1 Å². The lowest BCUT2D eigenvalue weighted by Crippen LogP contribution is -2.37. The molecule has 1 fully saturated rings. The number of hydrogen-bond donors (Lipinski definition) is 2. The van der Waals surface area contributed by atoms with Gasteiger partial charge in [0.2, 0.25) is 5.95 Å². The fraction of sp³-hybridized carbons (Fsp3) is 0.476. The van der Waals surface area contributed by atoms with Gasteiger partial charge in [0.05, 0.1) is 12.5 Å². The molecule has 32 heavy (non-hydrogen) atoms. The van der Waals surface area contributed by atoms with E-state index >= 15 is 0 Å². The summed E-state index contributed by atoms with van der Waals surface area (Å²) >= 11 is 0. The van der Waals surface area contributed by atoms with Gasteiger partial charge in [-0.1, -0.05) is 32.0 Å². The van der Waals surface area contributed by atoms with E-state index in [1.165, 1.54) is 0 Å². The van der Waals surface area contributed by atoms with Crippen molar-refractivity contribution >= 4 is 21.7 Å². The van der Waals surface area contributed by atoms with Gasteiger partial charge in [-0.15, -0.1) is 0 Å². The Kier molecular flexibility index (Phi) is 6.47. The largest absolute Gasteiger partial charge is 0.459 e. The van der Waals surface area contributed by atoms with E-state index in [0.29, 0.717) is 17.2 Å². The van der Waals surface area contributed by atoms with Crippen LogP contribution in [0.5, 0.6) is 11.8 Å². The first-order valence-electron chi connectivity index (χ1n) is 10.6. The predicted octanol–water partition coefficient (Wildman–Crippen LogP) is 2.33. The van der Waals surface area contributed by atoms with Crippen LogP contribution >= 0.6 is 0 Å². The van der Waals surface area contributed by atoms with Crippen LogP contribution in [-0.4, -0.2) is 53.4 Å². The van der Waals surface area contributed by atoms with Crippen LogP contribution in [0.15, 0.2) is 30.5 Å². The summed E-state index contributed by atoms with van der Waals surface area (Å²) in [5.41, 5.74) is 2.33. The normalized spacial score (nSPS) is 16.9. The van der Waals surface area contributed by atoms with Gasteiger partial charge in [-0.2, -0.15) is 28.0 Å². The maximum atomic E-state index is 11.6. The van der Waals surface area contributed by atoms with E-state index in [1.807, 2.05) is 6.07 Å². The van der Waals surface area contributed by atoms with Crippen LogP contribution in [0.3, 0.4) is 0 Å². The van der Waals surface area contributed by atoms with Crippen molar-refractivity contribution in [3.05, 3.63) is 41.6 Å². The average Bonchev–Trinajstić information content (AvgIpc) is 3.17. The molecule has 11 heteroatoms. The molecule has 2 aromatic heterocycles. The molecule has 3 heterocycles. The van der Waals surface area contributed by atoms with Crippen LogP contribution in [-0.2, 0) is 16.7 Å². The lowest BCUT2D eigenvalue weighted by molar-refractivity contribution is 0.153. The molecule has 1 aliphatic rings. The summed E-state index contributed by atoms with van der Waals surface area (Å²) in [4.78, 5) is 9.18. The van der Waals surface area contributed by atoms with Crippen molar-refractivity contribution in [3.8, 4) is 11.8 Å². The Labute approximate surface area is 187 Å². The van der Waals surface area contributed by atoms with E-state index in [-0.39, 0.29) is 30.3 Å². The molecule has 10 nitrogen and oxygen atoms in total. The van der Waals surface area contributed by atoms with E-state index in [4.69, 9.17) is 8.92 Å². The SMILES string of the molecule is CC(C)c1cnn2c(NCc3ccccc3OS(C)(=O)=O)nc(O[C@@H]3CCCNC3)nc12. The summed E-state index contributed by atoms with van der Waals surface area (Å²) in [7, 11) is -3.64. The Morgan fingerprint density at radius 2 is 2.09 bits per heavy atom. The highest BCUT2D eigenvalue weighted by Crippen LogP contribution is 2.25. The van der Waals surface area contributed by atoms with Gasteiger partial charge in [-0.3, -0.25) is 0 Å². The number of hydrogen-bond acceptors (Lipinski definition) is 9. The summed E-state index contributed by atoms with van der Waals surface area (Å²) in [5, 5.41) is 11.0. The number of anilines is 1. The van der Waals surface area contributed by atoms with Crippen LogP contribution in [0.1, 0.15) is 43.7 Å². The maximum Gasteiger partial charge on any atom is 0.322 e. The van der Waals surface area contributed by atoms with Gasteiger partial charge < -0.3 is 19.6 Å². The minimum Gasteiger partial charge on any atom is -0.459 e. The van der Waals surface area contributed by atoms with Gasteiger partial charge in [0, 0.05) is 24.2 Å². The number of ether oxygens (including phenoxy) is 1. The first kappa shape index (κ1) is 22.3. The van der Waals surface area contributed by atoms with Gasteiger partial charge in [0.25, 0.3) is 0 Å². The highest BCUT2D eigenvalue weighted by molar-refractivity contribution is 7.86. The second-order valence-corrected chi connectivity index (χ2v) is 9.73. The molecular weight excluding hydrogens is 432 g/mol. The van der Waals surface area contributed by atoms with Crippen molar-refractivity contribution in [1.29, 1.82) is 0 Å². The molecule has 0 spiro atoms. The average molecular weight is 461 g/mol. The molecule has 1 saturated heterocycles. The zero-order chi connectivity index (χ0) is 22.7. The molecule has 0 radical (unpaired) electrons. The second kappa shape index (κ2) is 9.29. The Balaban J connectivity index is 1.64. The van der Waals surface area contributed by atoms with Gasteiger partial charge in [0.1, 0.15) is 11.9 Å². The topological polar surface area (TPSA) is 120 Å². The van der Waals surface area contributed by atoms with Gasteiger partial charge in [0.15, 0.2) is 5.65 Å². The molecule has 0 unspecified atom stereocenters. The summed E-state index contributed by atoms with van der Waals surface area (Å²) in [6.07, 6.45) is 4.79. The third kappa shape index (κ3) is 5.28. The number of nitrogens with zero attached hydrogens (tertiary/aromatic N) is 4. The molecule has 172 valence electrons. The molecule has 0 aliphatic carbocycles. The molecule has 1 aliphatic heterocycles. The number of rotatable bonds is 8. The Morgan fingerprint density at radius 1 is 1.28 bits per heavy atom. The summed E-state index contributed by atoms with van der Waals surface area (Å²) in [6, 6.07) is 7.23. The molecular formula is C21H28N6O4S. The predicted molar refractivity (Wildman–Crippen MR) is 121 cm³/mol. The summed E-state index contributed by atoms with van der Waals surface area (Å²) in [5.74, 6) is 0.944. The molecule has 0 amide bonds. The van der Waals surface area contributed by atoms with Crippen LogP contribution < -0.4 is 19.6 Å². The standard InChI is InChI=1S/C21H28N6O4S/c1-14(2)17-13-24-27-19(17)25-21(30-16-8-6-10-22-12-16)26-20(27)23-11-15-7-4-5-9-18(15)31-32(3,28)29/h4-5,7,9,13-14,16,22H,6,8,10-12H2,1-3H3,(H,23,25,26)/t16-/m1/s1. The lowest BCUT2D eigenvalue weighted by Gasteiger charge is -2.23. The van der Waals surface area contributed by atoms with Crippen LogP contribution in [0.25, 0.3) is 5.65 Å². The van der Waals surface area contributed by atoms with Crippen molar-refractivity contribution in [2.45, 2.75) is 45.3 Å².